The van der Waals surface area contributed by atoms with E-state index in [9.17, 15) is 0 Å². The van der Waals surface area contributed by atoms with Gasteiger partial charge in [-0.25, -0.2) is 0 Å². The Hall–Kier alpha value is -0.120. The summed E-state index contributed by atoms with van der Waals surface area (Å²) in [6.45, 7) is 7.76. The zero-order valence-corrected chi connectivity index (χ0v) is 8.46. The van der Waals surface area contributed by atoms with E-state index in [0.717, 1.165) is 38.7 Å². The van der Waals surface area contributed by atoms with E-state index in [1.165, 1.54) is 13.0 Å². The van der Waals surface area contributed by atoms with E-state index in [4.69, 9.17) is 4.74 Å². The van der Waals surface area contributed by atoms with Gasteiger partial charge in [0.1, 0.15) is 0 Å². The number of nitrogens with one attached hydrogen (secondary N) is 1. The number of hydrogen-bond acceptors (Lipinski definition) is 3. The van der Waals surface area contributed by atoms with Crippen molar-refractivity contribution < 1.29 is 4.74 Å². The summed E-state index contributed by atoms with van der Waals surface area (Å²) >= 11 is 0. The molecule has 0 radical (unpaired) electrons. The molecule has 13 heavy (non-hydrogen) atoms. The molecule has 2 unspecified atom stereocenters. The second-order valence-electron chi connectivity index (χ2n) is 4.18. The summed E-state index contributed by atoms with van der Waals surface area (Å²) in [6.07, 6.45) is 2.94. The van der Waals surface area contributed by atoms with Gasteiger partial charge in [-0.15, -0.1) is 0 Å². The molecule has 0 aromatic heterocycles. The van der Waals surface area contributed by atoms with Crippen LogP contribution in [0.2, 0.25) is 0 Å². The van der Waals surface area contributed by atoms with E-state index in [1.807, 2.05) is 0 Å². The summed E-state index contributed by atoms with van der Waals surface area (Å²) in [5.41, 5.74) is 0. The fraction of sp³-hybridized carbons (Fsp3) is 1.00. The first-order valence-corrected chi connectivity index (χ1v) is 5.42. The number of hydrogen-bond donors (Lipinski definition) is 1. The molecule has 0 spiro atoms. The number of likely N-dealkylation sites (tertiary alicyclic amines) is 1. The first-order valence-electron chi connectivity index (χ1n) is 5.42. The molecule has 0 aromatic rings. The summed E-state index contributed by atoms with van der Waals surface area (Å²) in [6, 6.07) is 0.784. The minimum absolute atomic E-state index is 0.422. The Bertz CT molecular complexity index is 155. The Morgan fingerprint density at radius 1 is 1.54 bits per heavy atom. The Labute approximate surface area is 80.4 Å². The quantitative estimate of drug-likeness (QED) is 0.675. The number of rotatable bonds is 2. The van der Waals surface area contributed by atoms with Crippen LogP contribution in [0.4, 0.5) is 0 Å². The van der Waals surface area contributed by atoms with Crippen LogP contribution in [0.25, 0.3) is 0 Å². The normalized spacial score (nSPS) is 36.7. The van der Waals surface area contributed by atoms with Crippen molar-refractivity contribution in [3.05, 3.63) is 0 Å². The summed E-state index contributed by atoms with van der Waals surface area (Å²) in [4.78, 5) is 2.51. The van der Waals surface area contributed by atoms with E-state index < -0.39 is 0 Å². The molecule has 0 bridgehead atoms. The highest BCUT2D eigenvalue weighted by Crippen LogP contribution is 2.17. The lowest BCUT2D eigenvalue weighted by Gasteiger charge is -2.40. The summed E-state index contributed by atoms with van der Waals surface area (Å²) in [5.74, 6) is 0. The first-order chi connectivity index (χ1) is 6.36. The maximum atomic E-state index is 5.75. The van der Waals surface area contributed by atoms with Crippen molar-refractivity contribution in [2.75, 3.05) is 32.8 Å². The number of ether oxygens (including phenoxy) is 1. The van der Waals surface area contributed by atoms with Gasteiger partial charge in [0.25, 0.3) is 0 Å². The molecule has 0 amide bonds. The van der Waals surface area contributed by atoms with Gasteiger partial charge in [-0.2, -0.15) is 0 Å². The van der Waals surface area contributed by atoms with E-state index in [2.05, 4.69) is 17.1 Å². The summed E-state index contributed by atoms with van der Waals surface area (Å²) < 4.78 is 5.75. The molecular formula is C10H20N2O. The smallest absolute Gasteiger partial charge is 0.0826 e. The largest absolute Gasteiger partial charge is 0.376 e. The van der Waals surface area contributed by atoms with Crippen molar-refractivity contribution in [1.82, 2.24) is 10.2 Å². The van der Waals surface area contributed by atoms with Crippen LogP contribution in [0.1, 0.15) is 19.8 Å². The van der Waals surface area contributed by atoms with Crippen molar-refractivity contribution in [3.8, 4) is 0 Å². The topological polar surface area (TPSA) is 24.5 Å². The fourth-order valence-corrected chi connectivity index (χ4v) is 1.99. The van der Waals surface area contributed by atoms with E-state index in [1.54, 1.807) is 0 Å². The molecular weight excluding hydrogens is 164 g/mol. The summed E-state index contributed by atoms with van der Waals surface area (Å²) in [5, 5.41) is 3.41. The molecule has 76 valence electrons. The Morgan fingerprint density at radius 2 is 2.46 bits per heavy atom. The van der Waals surface area contributed by atoms with Crippen molar-refractivity contribution >= 4 is 0 Å². The highest BCUT2D eigenvalue weighted by molar-refractivity contribution is 4.82. The van der Waals surface area contributed by atoms with Gasteiger partial charge >= 0.3 is 0 Å². The van der Waals surface area contributed by atoms with Crippen LogP contribution >= 0.6 is 0 Å². The van der Waals surface area contributed by atoms with Crippen molar-refractivity contribution in [2.45, 2.75) is 31.9 Å². The zero-order chi connectivity index (χ0) is 9.10. The second-order valence-corrected chi connectivity index (χ2v) is 4.18. The van der Waals surface area contributed by atoms with Crippen molar-refractivity contribution in [2.24, 2.45) is 0 Å². The Morgan fingerprint density at radius 3 is 3.15 bits per heavy atom. The molecule has 3 nitrogen and oxygen atoms in total. The predicted octanol–water partition coefficient (Wildman–Crippen LogP) is 0.459. The molecule has 2 aliphatic heterocycles. The molecule has 0 saturated carbocycles. The third-order valence-corrected chi connectivity index (χ3v) is 3.12. The van der Waals surface area contributed by atoms with Gasteiger partial charge in [-0.3, -0.25) is 4.90 Å². The molecule has 0 aliphatic carbocycles. The highest BCUT2D eigenvalue weighted by Gasteiger charge is 2.26. The molecule has 2 fully saturated rings. The van der Waals surface area contributed by atoms with Crippen LogP contribution in [0.3, 0.4) is 0 Å². The highest BCUT2D eigenvalue weighted by atomic mass is 16.5. The molecule has 1 N–H and O–H groups in total. The number of nitrogens with zero attached hydrogens (tertiary/aromatic N) is 1. The standard InChI is InChI=1S/C10H20N2O/c1-9-3-5-12(9)8-10-7-11-4-2-6-13-10/h9-11H,2-8H2,1H3. The van der Waals surface area contributed by atoms with Gasteiger partial charge in [0.05, 0.1) is 6.10 Å². The van der Waals surface area contributed by atoms with Crippen LogP contribution in [0.5, 0.6) is 0 Å². The van der Waals surface area contributed by atoms with Gasteiger partial charge in [-0.05, 0) is 26.3 Å². The Kier molecular flexibility index (Phi) is 3.19. The lowest BCUT2D eigenvalue weighted by Crippen LogP contribution is -2.50. The van der Waals surface area contributed by atoms with Crippen molar-refractivity contribution in [1.29, 1.82) is 0 Å². The van der Waals surface area contributed by atoms with Crippen LogP contribution in [0.15, 0.2) is 0 Å². The van der Waals surface area contributed by atoms with E-state index >= 15 is 0 Å². The van der Waals surface area contributed by atoms with Crippen LogP contribution < -0.4 is 5.32 Å². The maximum Gasteiger partial charge on any atom is 0.0826 e. The van der Waals surface area contributed by atoms with Gasteiger partial charge in [0, 0.05) is 32.3 Å². The van der Waals surface area contributed by atoms with E-state index in [-0.39, 0.29) is 0 Å². The minimum Gasteiger partial charge on any atom is -0.376 e. The molecule has 2 atom stereocenters. The minimum atomic E-state index is 0.422. The fourth-order valence-electron chi connectivity index (χ4n) is 1.99. The maximum absolute atomic E-state index is 5.75. The lowest BCUT2D eigenvalue weighted by molar-refractivity contribution is 0.000833. The second kappa shape index (κ2) is 4.40. The van der Waals surface area contributed by atoms with Crippen LogP contribution in [0, 0.1) is 0 Å². The molecule has 2 aliphatic rings. The average Bonchev–Trinajstić information content (AvgIpc) is 2.40. The lowest BCUT2D eigenvalue weighted by atomic mass is 10.0. The van der Waals surface area contributed by atoms with Crippen LogP contribution in [-0.4, -0.2) is 49.8 Å². The first kappa shape index (κ1) is 9.44. The van der Waals surface area contributed by atoms with Gasteiger partial charge in [0.15, 0.2) is 0 Å². The molecule has 2 rings (SSSR count). The van der Waals surface area contributed by atoms with Gasteiger partial charge in [0.2, 0.25) is 0 Å². The summed E-state index contributed by atoms with van der Waals surface area (Å²) in [7, 11) is 0. The third kappa shape index (κ3) is 2.42. The monoisotopic (exact) mass is 184 g/mol. The van der Waals surface area contributed by atoms with Gasteiger partial charge in [-0.1, -0.05) is 0 Å². The SMILES string of the molecule is CC1CCN1CC1CNCCCO1. The molecule has 0 aromatic carbocycles. The predicted molar refractivity (Wildman–Crippen MR) is 52.9 cm³/mol. The third-order valence-electron chi connectivity index (χ3n) is 3.12. The Balaban J connectivity index is 1.72. The van der Waals surface area contributed by atoms with Crippen molar-refractivity contribution in [3.63, 3.8) is 0 Å². The average molecular weight is 184 g/mol. The van der Waals surface area contributed by atoms with E-state index in [0.29, 0.717) is 6.10 Å². The van der Waals surface area contributed by atoms with Crippen LogP contribution in [-0.2, 0) is 4.74 Å². The molecule has 2 saturated heterocycles. The zero-order valence-electron chi connectivity index (χ0n) is 8.46. The molecule has 2 heterocycles. The molecule has 3 heteroatoms. The van der Waals surface area contributed by atoms with Gasteiger partial charge < -0.3 is 10.1 Å².